The Hall–Kier alpha value is -3.45. The van der Waals surface area contributed by atoms with E-state index in [1.54, 1.807) is 48.7 Å². The van der Waals surface area contributed by atoms with Gasteiger partial charge in [-0.25, -0.2) is 9.37 Å². The Bertz CT molecular complexity index is 1020. The van der Waals surface area contributed by atoms with Crippen molar-refractivity contribution in [1.29, 1.82) is 0 Å². The molecule has 1 aliphatic rings. The second kappa shape index (κ2) is 10.7. The number of nitrogens with zero attached hydrogens (tertiary/aromatic N) is 2. The van der Waals surface area contributed by atoms with Crippen molar-refractivity contribution in [3.63, 3.8) is 0 Å². The van der Waals surface area contributed by atoms with Crippen molar-refractivity contribution < 1.29 is 18.7 Å². The van der Waals surface area contributed by atoms with Crippen molar-refractivity contribution in [2.75, 3.05) is 25.0 Å². The van der Waals surface area contributed by atoms with Crippen molar-refractivity contribution in [3.8, 4) is 17.4 Å². The van der Waals surface area contributed by atoms with E-state index in [-0.39, 0.29) is 18.3 Å². The van der Waals surface area contributed by atoms with E-state index < -0.39 is 0 Å². The number of carbonyl (C=O) groups excluding carboxylic acids is 1. The molecule has 0 unspecified atom stereocenters. The molecule has 0 spiro atoms. The number of carbonyl (C=O) groups is 1. The molecule has 0 radical (unpaired) electrons. The number of pyridine rings is 1. The number of anilines is 1. The average molecular weight is 435 g/mol. The van der Waals surface area contributed by atoms with Crippen LogP contribution in [0.5, 0.6) is 17.4 Å². The number of hydrogen-bond donors (Lipinski definition) is 1. The molecule has 0 atom stereocenters. The van der Waals surface area contributed by atoms with Gasteiger partial charge in [0.05, 0.1) is 11.9 Å². The lowest BCUT2D eigenvalue weighted by Gasteiger charge is -2.14. The maximum Gasteiger partial charge on any atom is 0.225 e. The van der Waals surface area contributed by atoms with Crippen LogP contribution in [0.15, 0.2) is 66.9 Å². The number of likely N-dealkylation sites (tertiary alicyclic amines) is 1. The Morgan fingerprint density at radius 1 is 1.03 bits per heavy atom. The van der Waals surface area contributed by atoms with Crippen molar-refractivity contribution >= 4 is 11.6 Å². The van der Waals surface area contributed by atoms with E-state index in [0.29, 0.717) is 29.5 Å². The summed E-state index contributed by atoms with van der Waals surface area (Å²) in [7, 11) is 0. The summed E-state index contributed by atoms with van der Waals surface area (Å²) in [5, 5.41) is 2.87. The summed E-state index contributed by atoms with van der Waals surface area (Å²) in [5.41, 5.74) is 1.41. The maximum absolute atomic E-state index is 13.2. The number of ether oxygens (including phenoxy) is 2. The van der Waals surface area contributed by atoms with E-state index in [4.69, 9.17) is 9.47 Å². The van der Waals surface area contributed by atoms with Gasteiger partial charge < -0.3 is 19.7 Å². The summed E-state index contributed by atoms with van der Waals surface area (Å²) in [5.74, 6) is 1.39. The predicted octanol–water partition coefficient (Wildman–Crippen LogP) is 5.02. The number of halogens is 1. The quantitative estimate of drug-likeness (QED) is 0.512. The molecular weight excluding hydrogens is 409 g/mol. The first-order valence-corrected chi connectivity index (χ1v) is 10.8. The zero-order chi connectivity index (χ0) is 22.2. The van der Waals surface area contributed by atoms with Crippen molar-refractivity contribution in [2.45, 2.75) is 25.9 Å². The van der Waals surface area contributed by atoms with Gasteiger partial charge in [0.2, 0.25) is 11.8 Å². The van der Waals surface area contributed by atoms with Crippen LogP contribution in [0.4, 0.5) is 10.1 Å². The predicted molar refractivity (Wildman–Crippen MR) is 120 cm³/mol. The van der Waals surface area contributed by atoms with E-state index in [9.17, 15) is 9.18 Å². The fraction of sp³-hybridized carbons (Fsp3) is 0.280. The highest BCUT2D eigenvalue weighted by Gasteiger charge is 2.13. The third-order valence-electron chi connectivity index (χ3n) is 5.21. The Morgan fingerprint density at radius 3 is 2.53 bits per heavy atom. The van der Waals surface area contributed by atoms with Crippen LogP contribution in [0.3, 0.4) is 0 Å². The second-order valence-electron chi connectivity index (χ2n) is 7.72. The van der Waals surface area contributed by atoms with Gasteiger partial charge in [0.15, 0.2) is 0 Å². The van der Waals surface area contributed by atoms with E-state index in [1.807, 2.05) is 6.07 Å². The molecule has 0 aliphatic carbocycles. The first-order valence-electron chi connectivity index (χ1n) is 10.8. The minimum absolute atomic E-state index is 0.0128. The van der Waals surface area contributed by atoms with Crippen LogP contribution >= 0.6 is 0 Å². The summed E-state index contributed by atoms with van der Waals surface area (Å²) < 4.78 is 24.7. The highest BCUT2D eigenvalue weighted by Crippen LogP contribution is 2.24. The van der Waals surface area contributed by atoms with E-state index in [0.717, 1.165) is 25.2 Å². The molecule has 7 heteroatoms. The normalized spacial score (nSPS) is 13.7. The minimum atomic E-state index is -0.282. The Balaban J connectivity index is 1.23. The fourth-order valence-electron chi connectivity index (χ4n) is 3.52. The van der Waals surface area contributed by atoms with Crippen LogP contribution in [-0.4, -0.2) is 35.4 Å². The fourth-order valence-corrected chi connectivity index (χ4v) is 3.52. The molecule has 3 aromatic rings. The number of nitrogens with one attached hydrogen (secondary N) is 1. The van der Waals surface area contributed by atoms with Gasteiger partial charge in [-0.1, -0.05) is 12.1 Å². The standard InChI is InChI=1S/C25H26FN3O3/c26-20-5-3-4-19(16-20)18-31-22-7-9-23(10-8-22)32-25-11-6-21(17-27-25)28-24(30)12-15-29-13-1-2-14-29/h3-11,16-17H,1-2,12-15,18H2,(H,28,30). The van der Waals surface area contributed by atoms with E-state index in [2.05, 4.69) is 15.2 Å². The molecule has 1 aromatic heterocycles. The maximum atomic E-state index is 13.2. The second-order valence-corrected chi connectivity index (χ2v) is 7.72. The number of amides is 1. The molecule has 4 rings (SSSR count). The largest absolute Gasteiger partial charge is 0.489 e. The molecule has 1 aliphatic heterocycles. The van der Waals surface area contributed by atoms with Gasteiger partial charge in [0.25, 0.3) is 0 Å². The Kier molecular flexibility index (Phi) is 7.30. The highest BCUT2D eigenvalue weighted by molar-refractivity contribution is 5.90. The first-order chi connectivity index (χ1) is 15.6. The summed E-state index contributed by atoms with van der Waals surface area (Å²) in [4.78, 5) is 18.7. The molecule has 1 N–H and O–H groups in total. The molecule has 0 bridgehead atoms. The molecule has 1 amide bonds. The number of benzene rings is 2. The van der Waals surface area contributed by atoms with E-state index >= 15 is 0 Å². The molecule has 2 heterocycles. The first kappa shape index (κ1) is 21.8. The summed E-state index contributed by atoms with van der Waals surface area (Å²) in [6.07, 6.45) is 4.50. The van der Waals surface area contributed by atoms with Gasteiger partial charge in [0.1, 0.15) is 23.9 Å². The third-order valence-corrected chi connectivity index (χ3v) is 5.21. The zero-order valence-corrected chi connectivity index (χ0v) is 17.8. The summed E-state index contributed by atoms with van der Waals surface area (Å²) >= 11 is 0. The van der Waals surface area contributed by atoms with Crippen LogP contribution in [0.25, 0.3) is 0 Å². The van der Waals surface area contributed by atoms with Crippen LogP contribution < -0.4 is 14.8 Å². The Morgan fingerprint density at radius 2 is 1.81 bits per heavy atom. The lowest BCUT2D eigenvalue weighted by Crippen LogP contribution is -2.25. The van der Waals surface area contributed by atoms with Crippen molar-refractivity contribution in [1.82, 2.24) is 9.88 Å². The van der Waals surface area contributed by atoms with Gasteiger partial charge >= 0.3 is 0 Å². The summed E-state index contributed by atoms with van der Waals surface area (Å²) in [6, 6.07) is 16.9. The topological polar surface area (TPSA) is 63.7 Å². The molecular formula is C25H26FN3O3. The van der Waals surface area contributed by atoms with Crippen LogP contribution in [0.2, 0.25) is 0 Å². The number of aromatic nitrogens is 1. The zero-order valence-electron chi connectivity index (χ0n) is 17.8. The van der Waals surface area contributed by atoms with Crippen LogP contribution in [0.1, 0.15) is 24.8 Å². The summed E-state index contributed by atoms with van der Waals surface area (Å²) in [6.45, 7) is 3.25. The monoisotopic (exact) mass is 435 g/mol. The molecule has 0 saturated carbocycles. The van der Waals surface area contributed by atoms with E-state index in [1.165, 1.54) is 25.0 Å². The molecule has 2 aromatic carbocycles. The van der Waals surface area contributed by atoms with Crippen LogP contribution in [0, 0.1) is 5.82 Å². The van der Waals surface area contributed by atoms with Gasteiger partial charge in [0, 0.05) is 19.0 Å². The van der Waals surface area contributed by atoms with Gasteiger partial charge in [-0.05, 0) is 74.0 Å². The highest BCUT2D eigenvalue weighted by atomic mass is 19.1. The van der Waals surface area contributed by atoms with Gasteiger partial charge in [-0.15, -0.1) is 0 Å². The SMILES string of the molecule is O=C(CCN1CCCC1)Nc1ccc(Oc2ccc(OCc3cccc(F)c3)cc2)nc1. The third kappa shape index (κ3) is 6.52. The average Bonchev–Trinajstić information content (AvgIpc) is 3.32. The molecule has 1 fully saturated rings. The minimum Gasteiger partial charge on any atom is -0.489 e. The van der Waals surface area contributed by atoms with Gasteiger partial charge in [-0.3, -0.25) is 4.79 Å². The molecule has 6 nitrogen and oxygen atoms in total. The van der Waals surface area contributed by atoms with Gasteiger partial charge in [-0.2, -0.15) is 0 Å². The number of rotatable bonds is 9. The Labute approximate surface area is 187 Å². The lowest BCUT2D eigenvalue weighted by molar-refractivity contribution is -0.116. The van der Waals surface area contributed by atoms with Crippen LogP contribution in [-0.2, 0) is 11.4 Å². The lowest BCUT2D eigenvalue weighted by atomic mass is 10.2. The van der Waals surface area contributed by atoms with Crippen molar-refractivity contribution in [3.05, 3.63) is 78.2 Å². The number of hydrogen-bond acceptors (Lipinski definition) is 5. The molecule has 32 heavy (non-hydrogen) atoms. The smallest absolute Gasteiger partial charge is 0.225 e. The molecule has 1 saturated heterocycles. The molecule has 166 valence electrons. The van der Waals surface area contributed by atoms with Crippen molar-refractivity contribution in [2.24, 2.45) is 0 Å².